The molecule has 3 rings (SSSR count). The number of halogens is 1. The van der Waals surface area contributed by atoms with Crippen LogP contribution >= 0.6 is 11.6 Å². The topological polar surface area (TPSA) is 39.5 Å². The highest BCUT2D eigenvalue weighted by Gasteiger charge is 2.23. The maximum absolute atomic E-state index is 6.50. The van der Waals surface area contributed by atoms with Crippen LogP contribution in [0.2, 0.25) is 5.02 Å². The van der Waals surface area contributed by atoms with Crippen molar-refractivity contribution >= 4 is 11.6 Å². The Balaban J connectivity index is 1.74. The average Bonchev–Trinajstić information content (AvgIpc) is 3.11. The second kappa shape index (κ2) is 7.23. The minimum Gasteiger partial charge on any atom is -0.493 e. The molecular formula is C17H22ClN3O2. The van der Waals surface area contributed by atoms with Crippen molar-refractivity contribution in [3.63, 3.8) is 0 Å². The summed E-state index contributed by atoms with van der Waals surface area (Å²) < 4.78 is 12.7. The van der Waals surface area contributed by atoms with Gasteiger partial charge < -0.3 is 9.47 Å². The van der Waals surface area contributed by atoms with Crippen LogP contribution in [0.4, 0.5) is 0 Å². The molecule has 2 aromatic rings. The van der Waals surface area contributed by atoms with Crippen molar-refractivity contribution in [2.24, 2.45) is 0 Å². The molecule has 0 bridgehead atoms. The molecule has 5 nitrogen and oxygen atoms in total. The molecule has 1 aromatic heterocycles. The van der Waals surface area contributed by atoms with Gasteiger partial charge in [-0.05, 0) is 37.1 Å². The number of piperidine rings is 1. The molecule has 2 heterocycles. The summed E-state index contributed by atoms with van der Waals surface area (Å²) in [5.74, 6) is 1.27. The largest absolute Gasteiger partial charge is 0.493 e. The summed E-state index contributed by atoms with van der Waals surface area (Å²) in [5, 5.41) is 5.01. The van der Waals surface area contributed by atoms with Gasteiger partial charge in [-0.3, -0.25) is 9.58 Å². The van der Waals surface area contributed by atoms with Crippen LogP contribution in [0.5, 0.6) is 11.5 Å². The SMILES string of the molecule is COc1ccc(CN2CCC[C@@H](n3cccn3)C2)c(Cl)c1OC. The first kappa shape index (κ1) is 16.1. The lowest BCUT2D eigenvalue weighted by Crippen LogP contribution is -2.36. The minimum absolute atomic E-state index is 0.428. The Bertz CT molecular complexity index is 646. The molecule has 0 N–H and O–H groups in total. The molecule has 1 aliphatic heterocycles. The van der Waals surface area contributed by atoms with Gasteiger partial charge in [0.05, 0.1) is 25.3 Å². The van der Waals surface area contributed by atoms with Gasteiger partial charge in [0.1, 0.15) is 0 Å². The lowest BCUT2D eigenvalue weighted by Gasteiger charge is -2.33. The van der Waals surface area contributed by atoms with Crippen LogP contribution in [-0.4, -0.2) is 42.0 Å². The van der Waals surface area contributed by atoms with Crippen molar-refractivity contribution in [2.75, 3.05) is 27.3 Å². The lowest BCUT2D eigenvalue weighted by molar-refractivity contribution is 0.163. The highest BCUT2D eigenvalue weighted by Crippen LogP contribution is 2.38. The van der Waals surface area contributed by atoms with Gasteiger partial charge in [0.15, 0.2) is 11.5 Å². The fourth-order valence-corrected chi connectivity index (χ4v) is 3.47. The van der Waals surface area contributed by atoms with E-state index in [1.807, 2.05) is 30.6 Å². The summed E-state index contributed by atoms with van der Waals surface area (Å²) in [6.45, 7) is 2.85. The smallest absolute Gasteiger partial charge is 0.179 e. The van der Waals surface area contributed by atoms with E-state index in [1.165, 1.54) is 0 Å². The fourth-order valence-electron chi connectivity index (χ4n) is 3.18. The van der Waals surface area contributed by atoms with E-state index in [0.29, 0.717) is 22.6 Å². The molecule has 0 amide bonds. The summed E-state index contributed by atoms with van der Waals surface area (Å²) >= 11 is 6.50. The van der Waals surface area contributed by atoms with E-state index in [0.717, 1.165) is 38.0 Å². The van der Waals surface area contributed by atoms with Crippen LogP contribution in [-0.2, 0) is 6.54 Å². The van der Waals surface area contributed by atoms with Crippen LogP contribution in [0.3, 0.4) is 0 Å². The van der Waals surface area contributed by atoms with Gasteiger partial charge in [0.2, 0.25) is 0 Å². The average molecular weight is 336 g/mol. The number of hydrogen-bond acceptors (Lipinski definition) is 4. The third kappa shape index (κ3) is 3.46. The van der Waals surface area contributed by atoms with Gasteiger partial charge in [-0.15, -0.1) is 0 Å². The zero-order valence-corrected chi connectivity index (χ0v) is 14.3. The van der Waals surface area contributed by atoms with Gasteiger partial charge in [-0.25, -0.2) is 0 Å². The molecule has 1 aliphatic rings. The summed E-state index contributed by atoms with van der Waals surface area (Å²) in [5.41, 5.74) is 1.06. The zero-order valence-electron chi connectivity index (χ0n) is 13.5. The molecule has 1 fully saturated rings. The van der Waals surface area contributed by atoms with E-state index in [1.54, 1.807) is 14.2 Å². The maximum Gasteiger partial charge on any atom is 0.179 e. The molecule has 1 saturated heterocycles. The number of likely N-dealkylation sites (tertiary alicyclic amines) is 1. The number of aromatic nitrogens is 2. The summed E-state index contributed by atoms with van der Waals surface area (Å²) in [7, 11) is 3.23. The molecule has 124 valence electrons. The Labute approximate surface area is 141 Å². The highest BCUT2D eigenvalue weighted by molar-refractivity contribution is 6.33. The summed E-state index contributed by atoms with van der Waals surface area (Å²) in [6.07, 6.45) is 6.20. The summed E-state index contributed by atoms with van der Waals surface area (Å²) in [4.78, 5) is 2.42. The van der Waals surface area contributed by atoms with Crippen LogP contribution in [0.1, 0.15) is 24.4 Å². The fraction of sp³-hybridized carbons (Fsp3) is 0.471. The number of nitrogens with zero attached hydrogens (tertiary/aromatic N) is 3. The number of hydrogen-bond donors (Lipinski definition) is 0. The number of rotatable bonds is 5. The van der Waals surface area contributed by atoms with Crippen LogP contribution in [0.15, 0.2) is 30.6 Å². The van der Waals surface area contributed by atoms with Crippen LogP contribution in [0, 0.1) is 0 Å². The summed E-state index contributed by atoms with van der Waals surface area (Å²) in [6, 6.07) is 6.33. The van der Waals surface area contributed by atoms with Crippen molar-refractivity contribution in [3.05, 3.63) is 41.2 Å². The zero-order chi connectivity index (χ0) is 16.2. The third-order valence-electron chi connectivity index (χ3n) is 4.34. The Hall–Kier alpha value is -1.72. The first-order valence-corrected chi connectivity index (χ1v) is 8.21. The first-order valence-electron chi connectivity index (χ1n) is 7.83. The molecule has 1 atom stereocenters. The van der Waals surface area contributed by atoms with Gasteiger partial charge in [-0.1, -0.05) is 17.7 Å². The normalized spacial score (nSPS) is 18.8. The van der Waals surface area contributed by atoms with E-state index < -0.39 is 0 Å². The van der Waals surface area contributed by atoms with Gasteiger partial charge in [0, 0.05) is 25.5 Å². The Morgan fingerprint density at radius 1 is 1.30 bits per heavy atom. The van der Waals surface area contributed by atoms with Crippen molar-refractivity contribution in [3.8, 4) is 11.5 Å². The van der Waals surface area contributed by atoms with Gasteiger partial charge in [0.25, 0.3) is 0 Å². The second-order valence-corrected chi connectivity index (χ2v) is 6.17. The molecular weight excluding hydrogens is 314 g/mol. The molecule has 0 aliphatic carbocycles. The van der Waals surface area contributed by atoms with E-state index in [-0.39, 0.29) is 0 Å². The molecule has 0 saturated carbocycles. The van der Waals surface area contributed by atoms with E-state index >= 15 is 0 Å². The van der Waals surface area contributed by atoms with E-state index in [9.17, 15) is 0 Å². The third-order valence-corrected chi connectivity index (χ3v) is 4.75. The predicted octanol–water partition coefficient (Wildman–Crippen LogP) is 3.39. The molecule has 0 spiro atoms. The lowest BCUT2D eigenvalue weighted by atomic mass is 10.0. The van der Waals surface area contributed by atoms with Gasteiger partial charge >= 0.3 is 0 Å². The molecule has 23 heavy (non-hydrogen) atoms. The number of methoxy groups -OCH3 is 2. The van der Waals surface area contributed by atoms with Crippen molar-refractivity contribution < 1.29 is 9.47 Å². The molecule has 1 aromatic carbocycles. The standard InChI is InChI=1S/C17H22ClN3O2/c1-22-15-7-6-13(16(18)17(15)23-2)11-20-9-3-5-14(12-20)21-10-4-8-19-21/h4,6-8,10,14H,3,5,9,11-12H2,1-2H3/t14-/m1/s1. The Morgan fingerprint density at radius 3 is 2.87 bits per heavy atom. The van der Waals surface area contributed by atoms with Crippen LogP contribution in [0.25, 0.3) is 0 Å². The number of ether oxygens (including phenoxy) is 2. The van der Waals surface area contributed by atoms with Crippen molar-refractivity contribution in [1.82, 2.24) is 14.7 Å². The Morgan fingerprint density at radius 2 is 2.17 bits per heavy atom. The number of benzene rings is 1. The second-order valence-electron chi connectivity index (χ2n) is 5.79. The van der Waals surface area contributed by atoms with Crippen molar-refractivity contribution in [2.45, 2.75) is 25.4 Å². The Kier molecular flexibility index (Phi) is 5.08. The first-order chi connectivity index (χ1) is 11.2. The minimum atomic E-state index is 0.428. The maximum atomic E-state index is 6.50. The van der Waals surface area contributed by atoms with E-state index in [2.05, 4.69) is 14.7 Å². The predicted molar refractivity (Wildman–Crippen MR) is 90.3 cm³/mol. The van der Waals surface area contributed by atoms with Gasteiger partial charge in [-0.2, -0.15) is 5.10 Å². The van der Waals surface area contributed by atoms with E-state index in [4.69, 9.17) is 21.1 Å². The quantitative estimate of drug-likeness (QED) is 0.839. The monoisotopic (exact) mass is 335 g/mol. The molecule has 0 unspecified atom stereocenters. The molecule has 0 radical (unpaired) electrons. The highest BCUT2D eigenvalue weighted by atomic mass is 35.5. The van der Waals surface area contributed by atoms with Crippen LogP contribution < -0.4 is 9.47 Å². The van der Waals surface area contributed by atoms with Crippen molar-refractivity contribution in [1.29, 1.82) is 0 Å². The molecule has 6 heteroatoms.